The van der Waals surface area contributed by atoms with Crippen LogP contribution in [-0.2, 0) is 9.59 Å². The van der Waals surface area contributed by atoms with E-state index in [1.54, 1.807) is 11.9 Å². The zero-order chi connectivity index (χ0) is 10.0. The summed E-state index contributed by atoms with van der Waals surface area (Å²) in [5, 5.41) is 11.5. The van der Waals surface area contributed by atoms with Crippen LogP contribution in [0.5, 0.6) is 0 Å². The van der Waals surface area contributed by atoms with Gasteiger partial charge in [-0.1, -0.05) is 0 Å². The van der Waals surface area contributed by atoms with Gasteiger partial charge >= 0.3 is 0 Å². The molecular formula is C8H14N2O3. The quantitative estimate of drug-likeness (QED) is 0.564. The van der Waals surface area contributed by atoms with Gasteiger partial charge in [-0.15, -0.1) is 0 Å². The molecule has 0 spiro atoms. The van der Waals surface area contributed by atoms with Crippen LogP contribution in [0.2, 0.25) is 0 Å². The fraction of sp³-hybridized carbons (Fsp3) is 0.750. The number of hydrogen-bond donors (Lipinski definition) is 2. The lowest BCUT2D eigenvalue weighted by molar-refractivity contribution is -0.129. The molecule has 1 saturated heterocycles. The third kappa shape index (κ3) is 2.42. The van der Waals surface area contributed by atoms with Crippen LogP contribution >= 0.6 is 0 Å². The van der Waals surface area contributed by atoms with E-state index in [0.29, 0.717) is 13.0 Å². The maximum absolute atomic E-state index is 11.0. The van der Waals surface area contributed by atoms with E-state index in [-0.39, 0.29) is 11.9 Å². The Morgan fingerprint density at radius 3 is 2.77 bits per heavy atom. The fourth-order valence-corrected chi connectivity index (χ4v) is 1.28. The number of hydrogen-bond acceptors (Lipinski definition) is 3. The number of nitrogens with one attached hydrogen (secondary N) is 1. The lowest BCUT2D eigenvalue weighted by Gasteiger charge is -2.13. The molecule has 5 heteroatoms. The highest BCUT2D eigenvalue weighted by atomic mass is 16.3. The van der Waals surface area contributed by atoms with Gasteiger partial charge in [-0.05, 0) is 6.92 Å². The molecule has 1 aliphatic heterocycles. The summed E-state index contributed by atoms with van der Waals surface area (Å²) in [7, 11) is 1.69. The number of likely N-dealkylation sites (tertiary alicyclic amines) is 1. The van der Waals surface area contributed by atoms with Gasteiger partial charge in [0.15, 0.2) is 0 Å². The minimum absolute atomic E-state index is 0.0240. The van der Waals surface area contributed by atoms with Crippen LogP contribution < -0.4 is 5.32 Å². The van der Waals surface area contributed by atoms with Crippen molar-refractivity contribution in [2.45, 2.75) is 25.5 Å². The average molecular weight is 186 g/mol. The van der Waals surface area contributed by atoms with Gasteiger partial charge in [0.05, 0.1) is 6.04 Å². The third-order valence-electron chi connectivity index (χ3n) is 2.07. The van der Waals surface area contributed by atoms with Crippen molar-refractivity contribution in [1.29, 1.82) is 0 Å². The highest BCUT2D eigenvalue weighted by Crippen LogP contribution is 2.08. The Hall–Kier alpha value is -1.10. The van der Waals surface area contributed by atoms with Gasteiger partial charge in [-0.3, -0.25) is 9.59 Å². The molecule has 1 aliphatic rings. The molecule has 1 heterocycles. The van der Waals surface area contributed by atoms with E-state index in [4.69, 9.17) is 5.11 Å². The van der Waals surface area contributed by atoms with Crippen molar-refractivity contribution in [3.8, 4) is 0 Å². The Balaban J connectivity index is 2.40. The molecule has 74 valence electrons. The summed E-state index contributed by atoms with van der Waals surface area (Å²) >= 11 is 0. The Labute approximate surface area is 76.7 Å². The van der Waals surface area contributed by atoms with Crippen LogP contribution in [0.4, 0.5) is 0 Å². The normalized spacial score (nSPS) is 24.7. The van der Waals surface area contributed by atoms with E-state index in [2.05, 4.69) is 5.32 Å². The molecule has 1 rings (SSSR count). The van der Waals surface area contributed by atoms with Crippen molar-refractivity contribution in [1.82, 2.24) is 10.2 Å². The summed E-state index contributed by atoms with van der Waals surface area (Å²) in [6.07, 6.45) is -0.685. The predicted octanol–water partition coefficient (Wildman–Crippen LogP) is -1.29. The van der Waals surface area contributed by atoms with Gasteiger partial charge in [0.2, 0.25) is 11.8 Å². The first-order valence-electron chi connectivity index (χ1n) is 4.23. The zero-order valence-electron chi connectivity index (χ0n) is 7.78. The Morgan fingerprint density at radius 1 is 1.77 bits per heavy atom. The predicted molar refractivity (Wildman–Crippen MR) is 45.9 cm³/mol. The van der Waals surface area contributed by atoms with Crippen molar-refractivity contribution >= 4 is 11.8 Å². The second kappa shape index (κ2) is 3.74. The molecule has 5 nitrogen and oxygen atoms in total. The van der Waals surface area contributed by atoms with Crippen LogP contribution in [-0.4, -0.2) is 47.6 Å². The first-order valence-corrected chi connectivity index (χ1v) is 4.23. The molecule has 13 heavy (non-hydrogen) atoms. The van der Waals surface area contributed by atoms with Crippen LogP contribution in [0, 0.1) is 0 Å². The minimum atomic E-state index is -1.01. The van der Waals surface area contributed by atoms with Crippen LogP contribution in [0.25, 0.3) is 0 Å². The van der Waals surface area contributed by atoms with Crippen LogP contribution in [0.15, 0.2) is 0 Å². The van der Waals surface area contributed by atoms with E-state index in [1.807, 2.05) is 0 Å². The van der Waals surface area contributed by atoms with Crippen molar-refractivity contribution in [2.75, 3.05) is 13.6 Å². The molecule has 2 atom stereocenters. The Bertz CT molecular complexity index is 227. The molecular weight excluding hydrogens is 172 g/mol. The monoisotopic (exact) mass is 186 g/mol. The summed E-state index contributed by atoms with van der Waals surface area (Å²) in [5.41, 5.74) is 0. The van der Waals surface area contributed by atoms with Gasteiger partial charge < -0.3 is 15.3 Å². The van der Waals surface area contributed by atoms with Gasteiger partial charge in [-0.25, -0.2) is 0 Å². The lowest BCUT2D eigenvalue weighted by Crippen LogP contribution is -2.41. The Kier molecular flexibility index (Phi) is 2.87. The van der Waals surface area contributed by atoms with Crippen molar-refractivity contribution in [2.24, 2.45) is 0 Å². The number of likely N-dealkylation sites (N-methyl/N-ethyl adjacent to an activating group) is 1. The summed E-state index contributed by atoms with van der Waals surface area (Å²) < 4.78 is 0. The molecule has 0 radical (unpaired) electrons. The molecule has 0 aromatic heterocycles. The topological polar surface area (TPSA) is 69.6 Å². The smallest absolute Gasteiger partial charge is 0.248 e. The maximum Gasteiger partial charge on any atom is 0.248 e. The lowest BCUT2D eigenvalue weighted by atomic mass is 10.2. The Morgan fingerprint density at radius 2 is 2.38 bits per heavy atom. The summed E-state index contributed by atoms with van der Waals surface area (Å²) in [6, 6.07) is -0.153. The molecule has 0 saturated carbocycles. The molecule has 1 fully saturated rings. The molecule has 0 aromatic carbocycles. The number of carbonyl (C=O) groups is 2. The number of rotatable bonds is 2. The van der Waals surface area contributed by atoms with E-state index < -0.39 is 12.0 Å². The third-order valence-corrected chi connectivity index (χ3v) is 2.07. The van der Waals surface area contributed by atoms with Crippen molar-refractivity contribution < 1.29 is 14.7 Å². The number of carbonyl (C=O) groups excluding carboxylic acids is 2. The summed E-state index contributed by atoms with van der Waals surface area (Å²) in [5.74, 6) is -0.399. The number of aliphatic hydroxyl groups excluding tert-OH is 1. The summed E-state index contributed by atoms with van der Waals surface area (Å²) in [4.78, 5) is 23.6. The fourth-order valence-electron chi connectivity index (χ4n) is 1.28. The molecule has 1 unspecified atom stereocenters. The highest BCUT2D eigenvalue weighted by molar-refractivity contribution is 5.83. The SMILES string of the molecule is C[C@@H](O)C(=O)NC1CC(=O)N(C)C1. The molecule has 2 N–H and O–H groups in total. The van der Waals surface area contributed by atoms with Crippen molar-refractivity contribution in [3.05, 3.63) is 0 Å². The standard InChI is InChI=1S/C8H14N2O3/c1-5(11)8(13)9-6-3-7(12)10(2)4-6/h5-6,11H,3-4H2,1-2H3,(H,9,13)/t5-,6?/m1/s1. The largest absolute Gasteiger partial charge is 0.384 e. The second-order valence-electron chi connectivity index (χ2n) is 3.36. The highest BCUT2D eigenvalue weighted by Gasteiger charge is 2.28. The molecule has 2 amide bonds. The zero-order valence-corrected chi connectivity index (χ0v) is 7.78. The van der Waals surface area contributed by atoms with Crippen LogP contribution in [0.3, 0.4) is 0 Å². The number of nitrogens with zero attached hydrogens (tertiary/aromatic N) is 1. The van der Waals surface area contributed by atoms with Gasteiger partial charge in [0.25, 0.3) is 0 Å². The minimum Gasteiger partial charge on any atom is -0.384 e. The van der Waals surface area contributed by atoms with Gasteiger partial charge in [-0.2, -0.15) is 0 Å². The molecule has 0 bridgehead atoms. The van der Waals surface area contributed by atoms with E-state index in [1.165, 1.54) is 6.92 Å². The number of aliphatic hydroxyl groups is 1. The van der Waals surface area contributed by atoms with Gasteiger partial charge in [0.1, 0.15) is 6.10 Å². The average Bonchev–Trinajstić information content (AvgIpc) is 2.31. The van der Waals surface area contributed by atoms with Crippen molar-refractivity contribution in [3.63, 3.8) is 0 Å². The first kappa shape index (κ1) is 9.98. The second-order valence-corrected chi connectivity index (χ2v) is 3.36. The molecule has 0 aliphatic carbocycles. The maximum atomic E-state index is 11.0. The number of amides is 2. The van der Waals surface area contributed by atoms with Crippen LogP contribution in [0.1, 0.15) is 13.3 Å². The van der Waals surface area contributed by atoms with Gasteiger partial charge in [0, 0.05) is 20.0 Å². The van der Waals surface area contributed by atoms with E-state index in [0.717, 1.165) is 0 Å². The summed E-state index contributed by atoms with van der Waals surface area (Å²) in [6.45, 7) is 1.92. The van der Waals surface area contributed by atoms with E-state index in [9.17, 15) is 9.59 Å². The van der Waals surface area contributed by atoms with E-state index >= 15 is 0 Å². The first-order chi connectivity index (χ1) is 6.00. The molecule has 0 aromatic rings.